The smallest absolute Gasteiger partial charge is 0.322 e. The van der Waals surface area contributed by atoms with Crippen LogP contribution in [0, 0.1) is 0 Å². The molecule has 5 rings (SSSR count). The Morgan fingerprint density at radius 3 is 2.45 bits per heavy atom. The van der Waals surface area contributed by atoms with Crippen LogP contribution in [0.3, 0.4) is 0 Å². The minimum absolute atomic E-state index is 0.120. The van der Waals surface area contributed by atoms with Crippen LogP contribution in [-0.4, -0.2) is 31.3 Å². The van der Waals surface area contributed by atoms with E-state index in [-0.39, 0.29) is 5.56 Å². The third-order valence-corrected chi connectivity index (χ3v) is 5.10. The molecule has 0 fully saturated rings. The van der Waals surface area contributed by atoms with Crippen molar-refractivity contribution in [1.82, 2.24) is 25.4 Å². The zero-order valence-corrected chi connectivity index (χ0v) is 16.8. The number of rotatable bonds is 4. The van der Waals surface area contributed by atoms with Crippen molar-refractivity contribution in [1.29, 1.82) is 0 Å². The molecule has 0 spiro atoms. The number of carbonyl (C=O) groups excluding carboxylic acids is 1. The minimum atomic E-state index is -4.46. The quantitative estimate of drug-likeness (QED) is 0.348. The molecule has 0 unspecified atom stereocenters. The minimum Gasteiger partial charge on any atom is -0.322 e. The van der Waals surface area contributed by atoms with Crippen LogP contribution in [0.15, 0.2) is 73.1 Å². The summed E-state index contributed by atoms with van der Waals surface area (Å²) in [7, 11) is 0. The third kappa shape index (κ3) is 4.05. The van der Waals surface area contributed by atoms with E-state index in [1.807, 2.05) is 24.3 Å². The lowest BCUT2D eigenvalue weighted by Gasteiger charge is -2.09. The molecule has 164 valence electrons. The molecule has 2 aromatic heterocycles. The van der Waals surface area contributed by atoms with E-state index in [2.05, 4.69) is 30.7 Å². The Morgan fingerprint density at radius 2 is 1.73 bits per heavy atom. The Hall–Kier alpha value is -4.47. The third-order valence-electron chi connectivity index (χ3n) is 5.10. The second-order valence-corrected chi connectivity index (χ2v) is 7.27. The maximum Gasteiger partial charge on any atom is 0.416 e. The van der Waals surface area contributed by atoms with Crippen LogP contribution in [0.5, 0.6) is 0 Å². The number of hydrogen-bond donors (Lipinski definition) is 3. The number of aromatic amines is 2. The summed E-state index contributed by atoms with van der Waals surface area (Å²) >= 11 is 0. The van der Waals surface area contributed by atoms with E-state index in [1.54, 1.807) is 18.2 Å². The van der Waals surface area contributed by atoms with E-state index in [1.165, 1.54) is 6.33 Å². The van der Waals surface area contributed by atoms with Crippen LogP contribution in [0.2, 0.25) is 0 Å². The Kier molecular flexibility index (Phi) is 4.89. The van der Waals surface area contributed by atoms with Gasteiger partial charge in [0.1, 0.15) is 6.33 Å². The zero-order chi connectivity index (χ0) is 23.0. The number of nitrogens with one attached hydrogen (secondary N) is 3. The van der Waals surface area contributed by atoms with Crippen molar-refractivity contribution in [2.24, 2.45) is 0 Å². The number of fused-ring (bicyclic) bond motifs is 1. The molecule has 0 saturated heterocycles. The fourth-order valence-electron chi connectivity index (χ4n) is 3.48. The Balaban J connectivity index is 1.42. The largest absolute Gasteiger partial charge is 0.416 e. The molecule has 0 aliphatic rings. The van der Waals surface area contributed by atoms with Crippen LogP contribution in [0.4, 0.5) is 18.9 Å². The first-order valence-electron chi connectivity index (χ1n) is 9.82. The molecule has 0 atom stereocenters. The lowest BCUT2D eigenvalue weighted by Crippen LogP contribution is -2.12. The standard InChI is InChI=1S/C23H15F3N6O/c24-23(25,26)16-7-4-13(5-8-16)22(33)29-17-3-1-2-14(10-17)20-18-11-15(21-27-12-28-32-21)6-9-19(18)30-31-20/h1-12H,(H,29,33)(H,30,31)(H,27,28,32). The van der Waals surface area contributed by atoms with Crippen molar-refractivity contribution in [3.63, 3.8) is 0 Å². The van der Waals surface area contributed by atoms with Gasteiger partial charge in [-0.3, -0.25) is 15.0 Å². The van der Waals surface area contributed by atoms with Gasteiger partial charge in [-0.1, -0.05) is 12.1 Å². The number of aromatic nitrogens is 5. The highest BCUT2D eigenvalue weighted by Crippen LogP contribution is 2.31. The fourth-order valence-corrected chi connectivity index (χ4v) is 3.48. The van der Waals surface area contributed by atoms with Gasteiger partial charge in [0, 0.05) is 27.8 Å². The number of alkyl halides is 3. The molecule has 7 nitrogen and oxygen atoms in total. The predicted molar refractivity (Wildman–Crippen MR) is 116 cm³/mol. The molecule has 3 N–H and O–H groups in total. The number of hydrogen-bond acceptors (Lipinski definition) is 4. The van der Waals surface area contributed by atoms with E-state index in [4.69, 9.17) is 0 Å². The number of halogens is 3. The monoisotopic (exact) mass is 448 g/mol. The molecule has 1 amide bonds. The van der Waals surface area contributed by atoms with Gasteiger partial charge < -0.3 is 5.32 Å². The van der Waals surface area contributed by atoms with Crippen LogP contribution < -0.4 is 5.32 Å². The van der Waals surface area contributed by atoms with Crippen LogP contribution in [-0.2, 0) is 6.18 Å². The summed E-state index contributed by atoms with van der Waals surface area (Å²) in [4.78, 5) is 16.7. The van der Waals surface area contributed by atoms with E-state index in [0.29, 0.717) is 17.2 Å². The molecular formula is C23H15F3N6O. The summed E-state index contributed by atoms with van der Waals surface area (Å²) in [5, 5.41) is 17.7. The zero-order valence-electron chi connectivity index (χ0n) is 16.8. The van der Waals surface area contributed by atoms with Crippen molar-refractivity contribution in [2.75, 3.05) is 5.32 Å². The molecular weight excluding hydrogens is 433 g/mol. The average Bonchev–Trinajstić information content (AvgIpc) is 3.48. The van der Waals surface area contributed by atoms with Gasteiger partial charge in [0.2, 0.25) is 0 Å². The van der Waals surface area contributed by atoms with Gasteiger partial charge in [0.15, 0.2) is 5.82 Å². The van der Waals surface area contributed by atoms with Crippen LogP contribution in [0.1, 0.15) is 15.9 Å². The Bertz CT molecular complexity index is 1440. The van der Waals surface area contributed by atoms with Crippen LogP contribution >= 0.6 is 0 Å². The highest BCUT2D eigenvalue weighted by atomic mass is 19.4. The second-order valence-electron chi connectivity index (χ2n) is 7.27. The number of carbonyl (C=O) groups is 1. The highest BCUT2D eigenvalue weighted by molar-refractivity contribution is 6.05. The molecule has 3 aromatic carbocycles. The number of benzene rings is 3. The lowest BCUT2D eigenvalue weighted by atomic mass is 10.0. The normalized spacial score (nSPS) is 11.6. The average molecular weight is 448 g/mol. The van der Waals surface area contributed by atoms with Gasteiger partial charge in [0.25, 0.3) is 5.91 Å². The van der Waals surface area contributed by atoms with Crippen molar-refractivity contribution < 1.29 is 18.0 Å². The van der Waals surface area contributed by atoms with E-state index < -0.39 is 17.6 Å². The van der Waals surface area contributed by atoms with Crippen molar-refractivity contribution in [2.45, 2.75) is 6.18 Å². The SMILES string of the molecule is O=C(Nc1cccc(-c2n[nH]c3ccc(-c4nc[nH]n4)cc23)c1)c1ccc(C(F)(F)F)cc1. The summed E-state index contributed by atoms with van der Waals surface area (Å²) in [5.74, 6) is 0.0428. The summed E-state index contributed by atoms with van der Waals surface area (Å²) in [6.07, 6.45) is -2.96. The van der Waals surface area contributed by atoms with Crippen molar-refractivity contribution >= 4 is 22.5 Å². The highest BCUT2D eigenvalue weighted by Gasteiger charge is 2.30. The Morgan fingerprint density at radius 1 is 0.909 bits per heavy atom. The molecule has 2 heterocycles. The molecule has 0 aliphatic carbocycles. The van der Waals surface area contributed by atoms with Crippen LogP contribution in [0.25, 0.3) is 33.5 Å². The topological polar surface area (TPSA) is 99.4 Å². The van der Waals surface area contributed by atoms with Gasteiger partial charge in [-0.2, -0.15) is 23.4 Å². The first kappa shape index (κ1) is 20.4. The van der Waals surface area contributed by atoms with Crippen molar-refractivity contribution in [3.8, 4) is 22.6 Å². The van der Waals surface area contributed by atoms with Gasteiger partial charge in [-0.25, -0.2) is 4.98 Å². The van der Waals surface area contributed by atoms with Gasteiger partial charge in [0.05, 0.1) is 16.8 Å². The number of amides is 1. The summed E-state index contributed by atoms with van der Waals surface area (Å²) in [6.45, 7) is 0. The summed E-state index contributed by atoms with van der Waals surface area (Å²) in [6, 6.07) is 16.8. The number of nitrogens with zero attached hydrogens (tertiary/aromatic N) is 3. The molecule has 0 radical (unpaired) electrons. The molecule has 0 aliphatic heterocycles. The molecule has 10 heteroatoms. The first-order chi connectivity index (χ1) is 15.9. The van der Waals surface area contributed by atoms with Gasteiger partial charge >= 0.3 is 6.18 Å². The molecule has 0 bridgehead atoms. The maximum atomic E-state index is 12.7. The van der Waals surface area contributed by atoms with E-state index >= 15 is 0 Å². The number of H-pyrrole nitrogens is 2. The molecule has 33 heavy (non-hydrogen) atoms. The Labute approximate surface area is 184 Å². The van der Waals surface area contributed by atoms with Gasteiger partial charge in [-0.05, 0) is 54.6 Å². The lowest BCUT2D eigenvalue weighted by molar-refractivity contribution is -0.137. The van der Waals surface area contributed by atoms with Crippen molar-refractivity contribution in [3.05, 3.63) is 84.2 Å². The summed E-state index contributed by atoms with van der Waals surface area (Å²) in [5.41, 5.74) is 2.86. The van der Waals surface area contributed by atoms with Gasteiger partial charge in [-0.15, -0.1) is 0 Å². The first-order valence-corrected chi connectivity index (χ1v) is 9.82. The number of anilines is 1. The van der Waals surface area contributed by atoms with E-state index in [9.17, 15) is 18.0 Å². The van der Waals surface area contributed by atoms with E-state index in [0.717, 1.165) is 46.3 Å². The predicted octanol–water partition coefficient (Wildman–Crippen LogP) is 5.29. The summed E-state index contributed by atoms with van der Waals surface area (Å²) < 4.78 is 38.2. The maximum absolute atomic E-state index is 12.7. The molecule has 5 aromatic rings. The fraction of sp³-hybridized carbons (Fsp3) is 0.0435. The molecule has 0 saturated carbocycles. The second kappa shape index (κ2) is 7.90.